The summed E-state index contributed by atoms with van der Waals surface area (Å²) in [4.78, 5) is 0. The van der Waals surface area contributed by atoms with Crippen LogP contribution in [0.5, 0.6) is 0 Å². The van der Waals surface area contributed by atoms with Crippen LogP contribution in [0, 0.1) is 5.41 Å². The van der Waals surface area contributed by atoms with Crippen LogP contribution in [0.4, 0.5) is 0 Å². The molecule has 0 amide bonds. The van der Waals surface area contributed by atoms with Crippen LogP contribution in [0.25, 0.3) is 0 Å². The normalized spacial score (nSPS) is 8.40. The summed E-state index contributed by atoms with van der Waals surface area (Å²) in [7, 11) is 0. The Hall–Kier alpha value is -0.770. The molecule has 0 fully saturated rings. The second-order valence-corrected chi connectivity index (χ2v) is 2.95. The number of rotatable bonds is 3. The van der Waals surface area contributed by atoms with Gasteiger partial charge in [-0.25, -0.2) is 0 Å². The van der Waals surface area contributed by atoms with Gasteiger partial charge >= 0.3 is 0 Å². The summed E-state index contributed by atoms with van der Waals surface area (Å²) in [5.41, 5.74) is 7.87. The maximum Gasteiger partial charge on any atom is 0.0902 e. The number of benzene rings is 1. The van der Waals surface area contributed by atoms with Crippen molar-refractivity contribution in [3.63, 3.8) is 0 Å². The number of nitrogens with two attached hydrogens (primary N) is 1. The van der Waals surface area contributed by atoms with Crippen molar-refractivity contribution in [2.24, 2.45) is 5.73 Å². The van der Waals surface area contributed by atoms with E-state index in [1.807, 2.05) is 24.3 Å². The molecule has 0 unspecified atom stereocenters. The van der Waals surface area contributed by atoms with Gasteiger partial charge in [-0.1, -0.05) is 24.3 Å². The molecular weight excluding hydrogens is 233 g/mol. The van der Waals surface area contributed by atoms with Crippen LogP contribution < -0.4 is 11.1 Å². The fourth-order valence-corrected chi connectivity index (χ4v) is 1.16. The molecule has 0 aliphatic rings. The minimum atomic E-state index is 0. The number of halogens is 2. The molecule has 86 valence electrons. The summed E-state index contributed by atoms with van der Waals surface area (Å²) >= 11 is 0. The second-order valence-electron chi connectivity index (χ2n) is 2.95. The van der Waals surface area contributed by atoms with Gasteiger partial charge in [0.2, 0.25) is 0 Å². The van der Waals surface area contributed by atoms with Crippen molar-refractivity contribution in [3.8, 4) is 0 Å². The third-order valence-corrected chi connectivity index (χ3v) is 1.88. The van der Waals surface area contributed by atoms with Gasteiger partial charge in [0.25, 0.3) is 0 Å². The standard InChI is InChI=1S/C10H15N3.2ClH/c1-8(12)13-7-10-5-3-2-4-9(10)6-11;;/h2-5H,6-7,11H2,1H3,(H2,12,13);2*1H. The monoisotopic (exact) mass is 249 g/mol. The highest BCUT2D eigenvalue weighted by Crippen LogP contribution is 2.06. The van der Waals surface area contributed by atoms with Gasteiger partial charge in [0.15, 0.2) is 0 Å². The lowest BCUT2D eigenvalue weighted by atomic mass is 10.1. The summed E-state index contributed by atoms with van der Waals surface area (Å²) < 4.78 is 0. The van der Waals surface area contributed by atoms with Crippen molar-refractivity contribution in [1.82, 2.24) is 5.32 Å². The van der Waals surface area contributed by atoms with Crippen LogP contribution in [-0.4, -0.2) is 5.84 Å². The first kappa shape index (κ1) is 16.7. The second kappa shape index (κ2) is 8.53. The minimum absolute atomic E-state index is 0. The van der Waals surface area contributed by atoms with Gasteiger partial charge in [0, 0.05) is 13.1 Å². The predicted molar refractivity (Wildman–Crippen MR) is 69.1 cm³/mol. The largest absolute Gasteiger partial charge is 0.370 e. The summed E-state index contributed by atoms with van der Waals surface area (Å²) in [5.74, 6) is 0.479. The Morgan fingerprint density at radius 1 is 1.27 bits per heavy atom. The topological polar surface area (TPSA) is 61.9 Å². The Kier molecular flexibility index (Phi) is 9.47. The van der Waals surface area contributed by atoms with Crippen LogP contribution in [0.1, 0.15) is 18.1 Å². The van der Waals surface area contributed by atoms with Gasteiger partial charge in [-0.05, 0) is 18.1 Å². The molecule has 0 heterocycles. The van der Waals surface area contributed by atoms with E-state index in [1.54, 1.807) is 6.92 Å². The van der Waals surface area contributed by atoms with E-state index in [0.29, 0.717) is 18.9 Å². The fraction of sp³-hybridized carbons (Fsp3) is 0.300. The van der Waals surface area contributed by atoms with E-state index in [1.165, 1.54) is 0 Å². The van der Waals surface area contributed by atoms with E-state index in [-0.39, 0.29) is 24.8 Å². The van der Waals surface area contributed by atoms with E-state index in [9.17, 15) is 0 Å². The fourth-order valence-electron chi connectivity index (χ4n) is 1.16. The lowest BCUT2D eigenvalue weighted by molar-refractivity contribution is 0.876. The SMILES string of the molecule is CC(=N)NCc1ccccc1CN.Cl.Cl. The molecule has 0 aliphatic heterocycles. The van der Waals surface area contributed by atoms with Gasteiger partial charge in [0.05, 0.1) is 5.84 Å². The predicted octanol–water partition coefficient (Wildman–Crippen LogP) is 2.08. The molecule has 1 aromatic carbocycles. The van der Waals surface area contributed by atoms with Crippen LogP contribution in [0.2, 0.25) is 0 Å². The van der Waals surface area contributed by atoms with Crippen LogP contribution in [-0.2, 0) is 13.1 Å². The Balaban J connectivity index is 0. The average Bonchev–Trinajstić information content (AvgIpc) is 2.15. The van der Waals surface area contributed by atoms with Crippen LogP contribution >= 0.6 is 24.8 Å². The lowest BCUT2D eigenvalue weighted by Crippen LogP contribution is -2.19. The Morgan fingerprint density at radius 3 is 2.27 bits per heavy atom. The molecule has 0 atom stereocenters. The first-order chi connectivity index (χ1) is 6.24. The number of nitrogens with one attached hydrogen (secondary N) is 2. The van der Waals surface area contributed by atoms with E-state index in [2.05, 4.69) is 5.32 Å². The third kappa shape index (κ3) is 5.62. The summed E-state index contributed by atoms with van der Waals surface area (Å²) in [6.07, 6.45) is 0. The highest BCUT2D eigenvalue weighted by molar-refractivity contribution is 5.85. The van der Waals surface area contributed by atoms with Gasteiger partial charge in [0.1, 0.15) is 0 Å². The maximum absolute atomic E-state index is 7.23. The first-order valence-electron chi connectivity index (χ1n) is 4.30. The molecular formula is C10H17Cl2N3. The Labute approximate surface area is 103 Å². The average molecular weight is 250 g/mol. The lowest BCUT2D eigenvalue weighted by Gasteiger charge is -2.08. The smallest absolute Gasteiger partial charge is 0.0902 e. The van der Waals surface area contributed by atoms with Gasteiger partial charge in [-0.15, -0.1) is 24.8 Å². The molecule has 15 heavy (non-hydrogen) atoms. The molecule has 0 aliphatic carbocycles. The van der Waals surface area contributed by atoms with Gasteiger partial charge < -0.3 is 11.1 Å². The number of hydrogen-bond acceptors (Lipinski definition) is 2. The maximum atomic E-state index is 7.23. The zero-order valence-corrected chi connectivity index (χ0v) is 10.3. The molecule has 0 aromatic heterocycles. The highest BCUT2D eigenvalue weighted by Gasteiger charge is 1.98. The minimum Gasteiger partial charge on any atom is -0.370 e. The van der Waals surface area contributed by atoms with E-state index in [4.69, 9.17) is 11.1 Å². The van der Waals surface area contributed by atoms with Crippen molar-refractivity contribution in [2.45, 2.75) is 20.0 Å². The Bertz CT molecular complexity index is 302. The Morgan fingerprint density at radius 2 is 1.80 bits per heavy atom. The molecule has 4 N–H and O–H groups in total. The molecule has 1 rings (SSSR count). The first-order valence-corrected chi connectivity index (χ1v) is 4.30. The number of hydrogen-bond donors (Lipinski definition) is 3. The third-order valence-electron chi connectivity index (χ3n) is 1.88. The molecule has 0 saturated carbocycles. The molecule has 1 aromatic rings. The van der Waals surface area contributed by atoms with Gasteiger partial charge in [-0.3, -0.25) is 5.41 Å². The van der Waals surface area contributed by atoms with Crippen molar-refractivity contribution >= 4 is 30.6 Å². The van der Waals surface area contributed by atoms with E-state index >= 15 is 0 Å². The highest BCUT2D eigenvalue weighted by atomic mass is 35.5. The van der Waals surface area contributed by atoms with Gasteiger partial charge in [-0.2, -0.15) is 0 Å². The molecule has 0 spiro atoms. The zero-order chi connectivity index (χ0) is 9.68. The zero-order valence-electron chi connectivity index (χ0n) is 8.62. The molecule has 5 heteroatoms. The van der Waals surface area contributed by atoms with Crippen molar-refractivity contribution in [2.75, 3.05) is 0 Å². The summed E-state index contributed by atoms with van der Waals surface area (Å²) in [6, 6.07) is 7.99. The van der Waals surface area contributed by atoms with Crippen LogP contribution in [0.3, 0.4) is 0 Å². The van der Waals surface area contributed by atoms with Crippen LogP contribution in [0.15, 0.2) is 24.3 Å². The summed E-state index contributed by atoms with van der Waals surface area (Å²) in [6.45, 7) is 2.96. The van der Waals surface area contributed by atoms with Crippen molar-refractivity contribution in [1.29, 1.82) is 5.41 Å². The van der Waals surface area contributed by atoms with Crippen molar-refractivity contribution < 1.29 is 0 Å². The van der Waals surface area contributed by atoms with Crippen molar-refractivity contribution in [3.05, 3.63) is 35.4 Å². The molecule has 0 bridgehead atoms. The summed E-state index contributed by atoms with van der Waals surface area (Å²) in [5, 5.41) is 10.2. The number of amidine groups is 1. The molecule has 0 radical (unpaired) electrons. The molecule has 0 saturated heterocycles. The van der Waals surface area contributed by atoms with E-state index in [0.717, 1.165) is 11.1 Å². The molecule has 3 nitrogen and oxygen atoms in total. The van der Waals surface area contributed by atoms with E-state index < -0.39 is 0 Å². The quantitative estimate of drug-likeness (QED) is 0.568.